The fraction of sp³-hybridized carbons (Fsp3) is 0.600. The van der Waals surface area contributed by atoms with Crippen molar-refractivity contribution in [3.05, 3.63) is 41.2 Å². The Bertz CT molecular complexity index is 1580. The summed E-state index contributed by atoms with van der Waals surface area (Å²) >= 11 is 0. The molecule has 0 saturated carbocycles. The van der Waals surface area contributed by atoms with Crippen LogP contribution in [0.4, 0.5) is 5.69 Å². The number of phosphoric acid groups is 1. The lowest BCUT2D eigenvalue weighted by Crippen LogP contribution is -2.64. The number of carbonyl (C=O) groups is 3. The number of aliphatic hydroxyl groups excluding tert-OH is 5. The average Bonchev–Trinajstić information content (AvgIpc) is 3.35. The zero-order valence-corrected chi connectivity index (χ0v) is 29.4. The number of nitrogens with two attached hydrogens (primary N) is 1. The number of aliphatic imine (C=N–C) groups is 1. The summed E-state index contributed by atoms with van der Waals surface area (Å²) in [5, 5.41) is 82.2. The van der Waals surface area contributed by atoms with Crippen LogP contribution in [0, 0.1) is 0 Å². The van der Waals surface area contributed by atoms with Crippen molar-refractivity contribution in [1.82, 2.24) is 16.0 Å². The van der Waals surface area contributed by atoms with Gasteiger partial charge in [-0.3, -0.25) is 24.4 Å². The van der Waals surface area contributed by atoms with E-state index in [1.807, 2.05) is 13.8 Å². The van der Waals surface area contributed by atoms with Crippen LogP contribution in [-0.4, -0.2) is 145 Å². The molecule has 23 heteroatoms. The number of hydrogen-bond acceptors (Lipinski definition) is 18. The first-order chi connectivity index (χ1) is 24.8. The molecule has 1 amide bonds. The molecule has 22 nitrogen and oxygen atoms in total. The van der Waals surface area contributed by atoms with Gasteiger partial charge in [0.15, 0.2) is 24.7 Å². The molecule has 4 rings (SSSR count). The number of carbonyl (C=O) groups excluding carboxylic acids is 1. The summed E-state index contributed by atoms with van der Waals surface area (Å²) in [7, 11) is -5.11. The Morgan fingerprint density at radius 1 is 1.09 bits per heavy atom. The molecule has 0 aliphatic carbocycles. The van der Waals surface area contributed by atoms with Crippen molar-refractivity contribution in [2.75, 3.05) is 18.5 Å². The minimum Gasteiger partial charge on any atom is -0.481 e. The number of aliphatic carboxylic acids is 2. The minimum atomic E-state index is -5.11. The van der Waals surface area contributed by atoms with Gasteiger partial charge < -0.3 is 71.4 Å². The molecule has 0 spiro atoms. The Morgan fingerprint density at radius 3 is 2.42 bits per heavy atom. The van der Waals surface area contributed by atoms with E-state index < -0.39 is 107 Å². The van der Waals surface area contributed by atoms with Crippen molar-refractivity contribution >= 4 is 37.2 Å². The van der Waals surface area contributed by atoms with E-state index in [0.717, 1.165) is 11.4 Å². The summed E-state index contributed by atoms with van der Waals surface area (Å²) < 4.78 is 32.0. The second-order valence-corrected chi connectivity index (χ2v) is 14.0. The number of allylic oxidation sites excluding steroid dienone is 1. The Balaban J connectivity index is 1.22. The zero-order valence-electron chi connectivity index (χ0n) is 28.5. The van der Waals surface area contributed by atoms with Gasteiger partial charge in [0.25, 0.3) is 5.91 Å². The Morgan fingerprint density at radius 2 is 1.77 bits per heavy atom. The maximum atomic E-state index is 12.4. The van der Waals surface area contributed by atoms with Crippen molar-refractivity contribution in [2.24, 2.45) is 10.7 Å². The molecule has 3 aliphatic heterocycles. The van der Waals surface area contributed by atoms with E-state index in [9.17, 15) is 49.4 Å². The van der Waals surface area contributed by atoms with Crippen molar-refractivity contribution in [1.29, 1.82) is 0 Å². The molecule has 3 heterocycles. The van der Waals surface area contributed by atoms with Crippen LogP contribution >= 0.6 is 7.82 Å². The number of rotatable bonds is 19. The third-order valence-electron chi connectivity index (χ3n) is 8.43. The fourth-order valence-electron chi connectivity index (χ4n) is 5.62. The topological polar surface area (TPSA) is 354 Å². The number of nitrogens with zero attached hydrogens (tertiary/aromatic N) is 1. The van der Waals surface area contributed by atoms with Crippen molar-refractivity contribution < 1.29 is 78.1 Å². The predicted octanol–water partition coefficient (Wildman–Crippen LogP) is -3.41. The van der Waals surface area contributed by atoms with E-state index in [4.69, 9.17) is 25.4 Å². The van der Waals surface area contributed by atoms with Crippen LogP contribution in [0.15, 0.2) is 40.7 Å². The first-order valence-corrected chi connectivity index (χ1v) is 17.9. The molecular formula is C30H45N6O16P. The molecule has 3 aliphatic rings. The molecule has 1 fully saturated rings. The smallest absolute Gasteiger partial charge is 0.473 e. The highest BCUT2D eigenvalue weighted by molar-refractivity contribution is 7.47. The lowest BCUT2D eigenvalue weighted by Gasteiger charge is -2.36. The monoisotopic (exact) mass is 776 g/mol. The molecular weight excluding hydrogens is 731 g/mol. The maximum Gasteiger partial charge on any atom is 0.473 e. The molecule has 0 aromatic heterocycles. The van der Waals surface area contributed by atoms with Crippen molar-refractivity contribution in [2.45, 2.75) is 101 Å². The number of nitrogens with one attached hydrogen (secondary N) is 4. The van der Waals surface area contributed by atoms with Crippen molar-refractivity contribution in [3.8, 4) is 0 Å². The number of amides is 1. The van der Waals surface area contributed by atoms with Crippen molar-refractivity contribution in [3.63, 3.8) is 0 Å². The summed E-state index contributed by atoms with van der Waals surface area (Å²) in [5.74, 6) is -2.98. The normalized spacial score (nSPS) is 28.2. The molecule has 1 aromatic rings. The standard InChI is InChI=1S/C30H45N6O16P/c1-12(21-13(2)33-26-22(34-21)27(44)36-30(31)35-26)32-15-5-3-14(4-6-15)9-16(37)23(41)17(38)10-49-29-25(43)24(42)19(51-29)11-50-53(47,48)52-18(28(45)46)7-8-20(39)40/h3-6,12,16-19,22-25,29-30,32,34,37-38,41-43H,7-11,31H2,1-2H3,(H,33,35)(H,36,44)(H,39,40)(H,45,46)(H,47,48)/t12?,16?,17?,18?,19-,22?,23?,24-,25-,29+,30?/m1/s1. The lowest BCUT2D eigenvalue weighted by atomic mass is 10.00. The summed E-state index contributed by atoms with van der Waals surface area (Å²) in [6.45, 7) is 2.13. The third-order valence-corrected chi connectivity index (χ3v) is 9.43. The van der Waals surface area contributed by atoms with Gasteiger partial charge in [-0.2, -0.15) is 0 Å². The van der Waals surface area contributed by atoms with Gasteiger partial charge in [0.1, 0.15) is 36.4 Å². The molecule has 1 aromatic carbocycles. The fourth-order valence-corrected chi connectivity index (χ4v) is 6.53. The molecule has 0 bridgehead atoms. The van der Waals surface area contributed by atoms with Crippen LogP contribution in [0.5, 0.6) is 0 Å². The SMILES string of the molecule is CC1=C(C(C)Nc2ccc(CC(O)C(O)C(O)CO[C@H]3O[C@H](COP(=O)(O)OC(CCC(=O)O)C(=O)O)[C@@H](O)[C@H]3O)cc2)NC2C(=O)NC(N)N=C2N1. The van der Waals surface area contributed by atoms with Gasteiger partial charge in [0, 0.05) is 24.2 Å². The third kappa shape index (κ3) is 11.4. The number of amidine groups is 1. The van der Waals surface area contributed by atoms with Crippen LogP contribution in [0.25, 0.3) is 0 Å². The summed E-state index contributed by atoms with van der Waals surface area (Å²) in [5.41, 5.74) is 8.51. The van der Waals surface area contributed by atoms with Crippen LogP contribution in [0.3, 0.4) is 0 Å². The van der Waals surface area contributed by atoms with Gasteiger partial charge in [0.2, 0.25) is 0 Å². The number of phosphoric ester groups is 1. The van der Waals surface area contributed by atoms with Gasteiger partial charge in [-0.15, -0.1) is 0 Å². The lowest BCUT2D eigenvalue weighted by molar-refractivity contribution is -0.192. The van der Waals surface area contributed by atoms with Gasteiger partial charge in [-0.1, -0.05) is 12.1 Å². The van der Waals surface area contributed by atoms with Crippen LogP contribution < -0.4 is 27.0 Å². The molecule has 8 unspecified atom stereocenters. The van der Waals surface area contributed by atoms with E-state index in [2.05, 4.69) is 35.3 Å². The van der Waals surface area contributed by atoms with E-state index in [-0.39, 0.29) is 18.4 Å². The number of anilines is 1. The largest absolute Gasteiger partial charge is 0.481 e. The first kappa shape index (κ1) is 42.0. The molecule has 53 heavy (non-hydrogen) atoms. The summed E-state index contributed by atoms with van der Waals surface area (Å²) in [6.07, 6.45) is -15.7. The second kappa shape index (κ2) is 18.0. The van der Waals surface area contributed by atoms with E-state index in [1.54, 1.807) is 24.3 Å². The van der Waals surface area contributed by atoms with Gasteiger partial charge in [-0.05, 0) is 38.0 Å². The van der Waals surface area contributed by atoms with Gasteiger partial charge >= 0.3 is 19.8 Å². The highest BCUT2D eigenvalue weighted by atomic mass is 31.2. The van der Waals surface area contributed by atoms with E-state index in [0.29, 0.717) is 17.1 Å². The van der Waals surface area contributed by atoms with E-state index >= 15 is 0 Å². The predicted molar refractivity (Wildman–Crippen MR) is 179 cm³/mol. The molecule has 296 valence electrons. The Kier molecular flexibility index (Phi) is 14.3. The van der Waals surface area contributed by atoms with Gasteiger partial charge in [0.05, 0.1) is 31.1 Å². The number of carboxylic acid groups (broad SMARTS) is 2. The number of ether oxygens (including phenoxy) is 2. The number of fused-ring (bicyclic) bond motifs is 1. The van der Waals surface area contributed by atoms with Crippen LogP contribution in [0.2, 0.25) is 0 Å². The first-order valence-electron chi connectivity index (χ1n) is 16.4. The Hall–Kier alpha value is -3.77. The highest BCUT2D eigenvalue weighted by Gasteiger charge is 2.45. The molecule has 0 radical (unpaired) electrons. The second-order valence-electron chi connectivity index (χ2n) is 12.6. The zero-order chi connectivity index (χ0) is 39.2. The minimum absolute atomic E-state index is 0.0755. The summed E-state index contributed by atoms with van der Waals surface area (Å²) in [4.78, 5) is 48.4. The van der Waals surface area contributed by atoms with Gasteiger partial charge in [-0.25, -0.2) is 14.4 Å². The molecule has 1 saturated heterocycles. The maximum absolute atomic E-state index is 12.4. The molecule has 12 atom stereocenters. The number of hydrogen-bond donors (Lipinski definition) is 13. The quantitative estimate of drug-likeness (QED) is 0.0609. The number of aliphatic hydroxyl groups is 5. The average molecular weight is 777 g/mol. The van der Waals surface area contributed by atoms with Crippen LogP contribution in [-0.2, 0) is 43.9 Å². The summed E-state index contributed by atoms with van der Waals surface area (Å²) in [6, 6.07) is 5.89. The number of carboxylic acids is 2. The van der Waals surface area contributed by atoms with Crippen LogP contribution in [0.1, 0.15) is 32.3 Å². The van der Waals surface area contributed by atoms with E-state index in [1.165, 1.54) is 0 Å². The number of benzene rings is 1. The highest BCUT2D eigenvalue weighted by Crippen LogP contribution is 2.46. The Labute approximate surface area is 302 Å². The molecule has 14 N–H and O–H groups in total.